The number of pyridine rings is 1. The molecule has 0 amide bonds. The van der Waals surface area contributed by atoms with Crippen molar-refractivity contribution in [3.63, 3.8) is 0 Å². The number of hydrogen-bond donors (Lipinski definition) is 0. The van der Waals surface area contributed by atoms with Crippen molar-refractivity contribution in [3.05, 3.63) is 64.7 Å². The molecule has 4 nitrogen and oxygen atoms in total. The van der Waals surface area contributed by atoms with E-state index in [2.05, 4.69) is 16.0 Å². The Hall–Kier alpha value is -2.97. The van der Waals surface area contributed by atoms with E-state index in [1.165, 1.54) is 11.3 Å². The van der Waals surface area contributed by atoms with Crippen molar-refractivity contribution >= 4 is 23.0 Å². The van der Waals surface area contributed by atoms with E-state index in [1.54, 1.807) is 25.6 Å². The second-order valence-corrected chi connectivity index (χ2v) is 5.54. The smallest absolute Gasteiger partial charge is 0.134 e. The molecule has 3 aromatic rings. The average molecular weight is 319 g/mol. The maximum absolute atomic E-state index is 9.48. The fraction of sp³-hybridized carbons (Fsp3) is 0.0556. The van der Waals surface area contributed by atoms with Gasteiger partial charge in [0.05, 0.1) is 18.4 Å². The van der Waals surface area contributed by atoms with E-state index < -0.39 is 0 Å². The van der Waals surface area contributed by atoms with Gasteiger partial charge in [-0.1, -0.05) is 18.2 Å². The van der Waals surface area contributed by atoms with Crippen LogP contribution < -0.4 is 4.74 Å². The first-order valence-electron chi connectivity index (χ1n) is 6.93. The summed E-state index contributed by atoms with van der Waals surface area (Å²) in [6, 6.07) is 13.6. The number of thiazole rings is 1. The number of hydrogen-bond acceptors (Lipinski definition) is 5. The van der Waals surface area contributed by atoms with Gasteiger partial charge in [-0.05, 0) is 24.3 Å². The molecule has 0 saturated carbocycles. The minimum absolute atomic E-state index is 0.514. The molecule has 0 radical (unpaired) electrons. The molecule has 0 saturated heterocycles. The van der Waals surface area contributed by atoms with Crippen molar-refractivity contribution in [3.8, 4) is 23.1 Å². The Morgan fingerprint density at radius 1 is 1.22 bits per heavy atom. The SMILES string of the molecule is COc1ccccc1C=C(C#N)c1nc(-c2ccncc2)cs1. The highest BCUT2D eigenvalue weighted by Gasteiger charge is 2.10. The topological polar surface area (TPSA) is 58.8 Å². The van der Waals surface area contributed by atoms with Gasteiger partial charge >= 0.3 is 0 Å². The molecule has 0 fully saturated rings. The molecular weight excluding hydrogens is 306 g/mol. The number of nitrogens with zero attached hydrogens (tertiary/aromatic N) is 3. The Morgan fingerprint density at radius 2 is 2.00 bits per heavy atom. The Bertz CT molecular complexity index is 879. The third-order valence-electron chi connectivity index (χ3n) is 3.27. The molecule has 0 atom stereocenters. The van der Waals surface area contributed by atoms with E-state index in [-0.39, 0.29) is 0 Å². The van der Waals surface area contributed by atoms with Gasteiger partial charge in [0.15, 0.2) is 0 Å². The van der Waals surface area contributed by atoms with Gasteiger partial charge in [-0.15, -0.1) is 11.3 Å². The quantitative estimate of drug-likeness (QED) is 0.674. The number of allylic oxidation sites excluding steroid dienone is 1. The normalized spacial score (nSPS) is 11.0. The van der Waals surface area contributed by atoms with Gasteiger partial charge in [-0.25, -0.2) is 4.98 Å². The fourth-order valence-corrected chi connectivity index (χ4v) is 2.93. The largest absolute Gasteiger partial charge is 0.496 e. The van der Waals surface area contributed by atoms with Gasteiger partial charge < -0.3 is 4.74 Å². The second-order valence-electron chi connectivity index (χ2n) is 4.69. The number of nitriles is 1. The fourth-order valence-electron chi connectivity index (χ4n) is 2.14. The average Bonchev–Trinajstić information content (AvgIpc) is 3.10. The molecule has 5 heteroatoms. The maximum Gasteiger partial charge on any atom is 0.134 e. The summed E-state index contributed by atoms with van der Waals surface area (Å²) in [7, 11) is 1.61. The van der Waals surface area contributed by atoms with E-state index in [4.69, 9.17) is 4.74 Å². The molecular formula is C18H13N3OS. The number of para-hydroxylation sites is 1. The van der Waals surface area contributed by atoms with Gasteiger partial charge in [0.2, 0.25) is 0 Å². The van der Waals surface area contributed by atoms with Gasteiger partial charge in [0.25, 0.3) is 0 Å². The molecule has 0 N–H and O–H groups in total. The molecule has 0 spiro atoms. The predicted octanol–water partition coefficient (Wildman–Crippen LogP) is 4.28. The highest BCUT2D eigenvalue weighted by molar-refractivity contribution is 7.11. The van der Waals surface area contributed by atoms with Crippen molar-refractivity contribution in [1.29, 1.82) is 5.26 Å². The highest BCUT2D eigenvalue weighted by atomic mass is 32.1. The Labute approximate surface area is 138 Å². The van der Waals surface area contributed by atoms with E-state index in [9.17, 15) is 5.26 Å². The zero-order valence-corrected chi connectivity index (χ0v) is 13.2. The highest BCUT2D eigenvalue weighted by Crippen LogP contribution is 2.28. The van der Waals surface area contributed by atoms with Gasteiger partial charge in [0, 0.05) is 28.9 Å². The van der Waals surface area contributed by atoms with Crippen molar-refractivity contribution in [2.45, 2.75) is 0 Å². The lowest BCUT2D eigenvalue weighted by Crippen LogP contribution is -1.87. The van der Waals surface area contributed by atoms with Crippen LogP contribution in [0.15, 0.2) is 54.2 Å². The van der Waals surface area contributed by atoms with E-state index in [0.717, 1.165) is 22.6 Å². The lowest BCUT2D eigenvalue weighted by atomic mass is 10.1. The number of aromatic nitrogens is 2. The number of methoxy groups -OCH3 is 1. The van der Waals surface area contributed by atoms with E-state index in [0.29, 0.717) is 10.6 Å². The summed E-state index contributed by atoms with van der Waals surface area (Å²) in [5.41, 5.74) is 3.19. The monoisotopic (exact) mass is 319 g/mol. The summed E-state index contributed by atoms with van der Waals surface area (Å²) >= 11 is 1.45. The third kappa shape index (κ3) is 3.28. The first kappa shape index (κ1) is 14.9. The molecule has 112 valence electrons. The van der Waals surface area contributed by atoms with Crippen molar-refractivity contribution < 1.29 is 4.74 Å². The molecule has 2 aromatic heterocycles. The molecule has 0 bridgehead atoms. The van der Waals surface area contributed by atoms with Crippen molar-refractivity contribution in [2.75, 3.05) is 7.11 Å². The van der Waals surface area contributed by atoms with Crippen LogP contribution in [-0.4, -0.2) is 17.1 Å². The van der Waals surface area contributed by atoms with Crippen LogP contribution in [0.4, 0.5) is 0 Å². The Morgan fingerprint density at radius 3 is 2.74 bits per heavy atom. The number of benzene rings is 1. The van der Waals surface area contributed by atoms with Gasteiger partial charge in [0.1, 0.15) is 16.8 Å². The van der Waals surface area contributed by atoms with Gasteiger partial charge in [-0.2, -0.15) is 5.26 Å². The van der Waals surface area contributed by atoms with Crippen LogP contribution in [0.5, 0.6) is 5.75 Å². The molecule has 23 heavy (non-hydrogen) atoms. The molecule has 0 aliphatic rings. The summed E-state index contributed by atoms with van der Waals surface area (Å²) in [6.45, 7) is 0. The van der Waals surface area contributed by atoms with E-state index >= 15 is 0 Å². The van der Waals surface area contributed by atoms with Crippen LogP contribution in [0.25, 0.3) is 22.9 Å². The minimum atomic E-state index is 0.514. The molecule has 0 aliphatic carbocycles. The van der Waals surface area contributed by atoms with Crippen molar-refractivity contribution in [2.24, 2.45) is 0 Å². The van der Waals surface area contributed by atoms with Crippen LogP contribution in [0, 0.1) is 11.3 Å². The van der Waals surface area contributed by atoms with E-state index in [1.807, 2.05) is 41.8 Å². The molecule has 2 heterocycles. The lowest BCUT2D eigenvalue weighted by Gasteiger charge is -2.04. The summed E-state index contributed by atoms with van der Waals surface area (Å²) in [6.07, 6.45) is 5.25. The summed E-state index contributed by atoms with van der Waals surface area (Å²) in [4.78, 5) is 8.56. The predicted molar refractivity (Wildman–Crippen MR) is 91.8 cm³/mol. The third-order valence-corrected chi connectivity index (χ3v) is 4.15. The zero-order chi connectivity index (χ0) is 16.1. The Kier molecular flexibility index (Phi) is 4.46. The molecule has 1 aromatic carbocycles. The molecule has 0 aliphatic heterocycles. The first-order valence-corrected chi connectivity index (χ1v) is 7.81. The summed E-state index contributed by atoms with van der Waals surface area (Å²) in [5.74, 6) is 0.728. The van der Waals surface area contributed by atoms with Crippen LogP contribution in [0.2, 0.25) is 0 Å². The Balaban J connectivity index is 1.98. The molecule has 0 unspecified atom stereocenters. The maximum atomic E-state index is 9.48. The van der Waals surface area contributed by atoms with Crippen LogP contribution in [0.1, 0.15) is 10.6 Å². The number of ether oxygens (including phenoxy) is 1. The first-order chi connectivity index (χ1) is 11.3. The zero-order valence-electron chi connectivity index (χ0n) is 12.4. The number of rotatable bonds is 4. The lowest BCUT2D eigenvalue weighted by molar-refractivity contribution is 0.414. The minimum Gasteiger partial charge on any atom is -0.496 e. The van der Waals surface area contributed by atoms with Gasteiger partial charge in [-0.3, -0.25) is 4.98 Å². The molecule has 3 rings (SSSR count). The van der Waals surface area contributed by atoms with Crippen LogP contribution in [-0.2, 0) is 0 Å². The van der Waals surface area contributed by atoms with Crippen LogP contribution in [0.3, 0.4) is 0 Å². The second kappa shape index (κ2) is 6.86. The van der Waals surface area contributed by atoms with Crippen molar-refractivity contribution in [1.82, 2.24) is 9.97 Å². The van der Waals surface area contributed by atoms with Crippen LogP contribution >= 0.6 is 11.3 Å². The summed E-state index contributed by atoms with van der Waals surface area (Å²) < 4.78 is 5.32. The standard InChI is InChI=1S/C18H13N3OS/c1-22-17-5-3-2-4-14(17)10-15(11-19)18-21-16(12-23-18)13-6-8-20-9-7-13/h2-10,12H,1H3. The summed E-state index contributed by atoms with van der Waals surface area (Å²) in [5, 5.41) is 12.1.